The third-order valence-corrected chi connectivity index (χ3v) is 4.07. The zero-order valence-corrected chi connectivity index (χ0v) is 15.2. The standard InChI is InChI=1S/C19H24ClN3O2/c1-23(2)13-15(18(24)14-6-4-3-5-7-14)12-21-19(25)22-17-10-8-16(20)9-11-17/h3-11,15,18,24H,12-13H2,1-2H3,(H2,21,22,25). The Kier molecular flexibility index (Phi) is 7.25. The van der Waals surface area contributed by atoms with Gasteiger partial charge in [0.05, 0.1) is 6.10 Å². The van der Waals surface area contributed by atoms with Crippen molar-refractivity contribution in [1.29, 1.82) is 0 Å². The lowest BCUT2D eigenvalue weighted by Gasteiger charge is -2.26. The molecule has 2 aromatic carbocycles. The molecule has 5 nitrogen and oxygen atoms in total. The van der Waals surface area contributed by atoms with E-state index in [0.29, 0.717) is 23.8 Å². The highest BCUT2D eigenvalue weighted by Crippen LogP contribution is 2.22. The van der Waals surface area contributed by atoms with E-state index in [9.17, 15) is 9.90 Å². The zero-order chi connectivity index (χ0) is 18.2. The molecule has 0 spiro atoms. The Bertz CT molecular complexity index is 662. The third-order valence-electron chi connectivity index (χ3n) is 3.81. The van der Waals surface area contributed by atoms with Crippen molar-refractivity contribution in [3.05, 3.63) is 65.2 Å². The number of urea groups is 1. The fourth-order valence-electron chi connectivity index (χ4n) is 2.60. The van der Waals surface area contributed by atoms with Crippen molar-refractivity contribution >= 4 is 23.3 Å². The van der Waals surface area contributed by atoms with Gasteiger partial charge in [0.1, 0.15) is 0 Å². The Morgan fingerprint density at radius 2 is 1.76 bits per heavy atom. The van der Waals surface area contributed by atoms with Crippen molar-refractivity contribution in [1.82, 2.24) is 10.2 Å². The topological polar surface area (TPSA) is 64.6 Å². The van der Waals surface area contributed by atoms with Gasteiger partial charge in [0.15, 0.2) is 0 Å². The average Bonchev–Trinajstić information content (AvgIpc) is 2.60. The van der Waals surface area contributed by atoms with E-state index in [2.05, 4.69) is 10.6 Å². The number of halogens is 1. The van der Waals surface area contributed by atoms with E-state index in [1.165, 1.54) is 0 Å². The highest BCUT2D eigenvalue weighted by molar-refractivity contribution is 6.30. The summed E-state index contributed by atoms with van der Waals surface area (Å²) in [5.41, 5.74) is 1.50. The fourth-order valence-corrected chi connectivity index (χ4v) is 2.73. The number of aliphatic hydroxyl groups is 1. The minimum absolute atomic E-state index is 0.131. The lowest BCUT2D eigenvalue weighted by molar-refractivity contribution is 0.0911. The van der Waals surface area contributed by atoms with Gasteiger partial charge in [-0.05, 0) is 43.9 Å². The first-order valence-corrected chi connectivity index (χ1v) is 8.51. The molecule has 0 saturated carbocycles. The maximum absolute atomic E-state index is 12.1. The number of benzene rings is 2. The molecule has 2 amide bonds. The van der Waals surface area contributed by atoms with Crippen molar-refractivity contribution < 1.29 is 9.90 Å². The number of nitrogens with zero attached hydrogens (tertiary/aromatic N) is 1. The number of carbonyl (C=O) groups excluding carboxylic acids is 1. The van der Waals surface area contributed by atoms with Crippen LogP contribution in [0.3, 0.4) is 0 Å². The minimum Gasteiger partial charge on any atom is -0.388 e. The molecule has 2 aromatic rings. The Labute approximate surface area is 153 Å². The van der Waals surface area contributed by atoms with Crippen LogP contribution >= 0.6 is 11.6 Å². The van der Waals surface area contributed by atoms with Crippen LogP contribution in [0, 0.1) is 5.92 Å². The molecule has 25 heavy (non-hydrogen) atoms. The van der Waals surface area contributed by atoms with Gasteiger partial charge in [0, 0.05) is 29.7 Å². The first-order valence-electron chi connectivity index (χ1n) is 8.14. The van der Waals surface area contributed by atoms with Gasteiger partial charge in [-0.2, -0.15) is 0 Å². The summed E-state index contributed by atoms with van der Waals surface area (Å²) in [5.74, 6) is -0.131. The number of hydrogen-bond donors (Lipinski definition) is 3. The lowest BCUT2D eigenvalue weighted by Crippen LogP contribution is -2.39. The predicted molar refractivity (Wildman–Crippen MR) is 102 cm³/mol. The molecule has 2 atom stereocenters. The molecular formula is C19H24ClN3O2. The van der Waals surface area contributed by atoms with E-state index in [-0.39, 0.29) is 11.9 Å². The Morgan fingerprint density at radius 3 is 2.36 bits per heavy atom. The molecule has 0 aliphatic rings. The summed E-state index contributed by atoms with van der Waals surface area (Å²) >= 11 is 5.83. The molecule has 3 N–H and O–H groups in total. The summed E-state index contributed by atoms with van der Waals surface area (Å²) < 4.78 is 0. The van der Waals surface area contributed by atoms with Crippen LogP contribution < -0.4 is 10.6 Å². The number of aliphatic hydroxyl groups excluding tert-OH is 1. The highest BCUT2D eigenvalue weighted by Gasteiger charge is 2.22. The van der Waals surface area contributed by atoms with E-state index in [1.54, 1.807) is 24.3 Å². The number of amides is 2. The molecule has 0 radical (unpaired) electrons. The summed E-state index contributed by atoms with van der Waals surface area (Å²) in [7, 11) is 3.89. The fraction of sp³-hybridized carbons (Fsp3) is 0.316. The Morgan fingerprint density at radius 1 is 1.12 bits per heavy atom. The van der Waals surface area contributed by atoms with Gasteiger partial charge in [-0.3, -0.25) is 0 Å². The minimum atomic E-state index is -0.653. The second-order valence-corrected chi connectivity index (χ2v) is 6.66. The van der Waals surface area contributed by atoms with Crippen LogP contribution in [0.15, 0.2) is 54.6 Å². The first-order chi connectivity index (χ1) is 12.0. The number of carbonyl (C=O) groups is 1. The molecule has 0 aromatic heterocycles. The van der Waals surface area contributed by atoms with Crippen LogP contribution in [0.5, 0.6) is 0 Å². The Hall–Kier alpha value is -2.08. The smallest absolute Gasteiger partial charge is 0.319 e. The summed E-state index contributed by atoms with van der Waals surface area (Å²) in [6.45, 7) is 1.00. The van der Waals surface area contributed by atoms with Gasteiger partial charge in [0.2, 0.25) is 0 Å². The molecule has 0 heterocycles. The lowest BCUT2D eigenvalue weighted by atomic mass is 9.95. The van der Waals surface area contributed by atoms with Gasteiger partial charge < -0.3 is 20.6 Å². The van der Waals surface area contributed by atoms with Crippen LogP contribution in [0.4, 0.5) is 10.5 Å². The van der Waals surface area contributed by atoms with Crippen LogP contribution in [-0.2, 0) is 0 Å². The molecule has 2 rings (SSSR count). The normalized spacial score (nSPS) is 13.3. The van der Waals surface area contributed by atoms with E-state index >= 15 is 0 Å². The van der Waals surface area contributed by atoms with Crippen LogP contribution in [0.1, 0.15) is 11.7 Å². The summed E-state index contributed by atoms with van der Waals surface area (Å²) in [5, 5.41) is 16.8. The van der Waals surface area contributed by atoms with E-state index in [1.807, 2.05) is 49.3 Å². The molecule has 6 heteroatoms. The van der Waals surface area contributed by atoms with Gasteiger partial charge in [-0.25, -0.2) is 4.79 Å². The van der Waals surface area contributed by atoms with E-state index < -0.39 is 6.10 Å². The summed E-state index contributed by atoms with van der Waals surface area (Å²) in [6, 6.07) is 16.1. The predicted octanol–water partition coefficient (Wildman–Crippen LogP) is 3.37. The van der Waals surface area contributed by atoms with E-state index in [0.717, 1.165) is 5.56 Å². The largest absolute Gasteiger partial charge is 0.388 e. The molecule has 0 saturated heterocycles. The SMILES string of the molecule is CN(C)CC(CNC(=O)Nc1ccc(Cl)cc1)C(O)c1ccccc1. The molecule has 0 bridgehead atoms. The highest BCUT2D eigenvalue weighted by atomic mass is 35.5. The van der Waals surface area contributed by atoms with Gasteiger partial charge >= 0.3 is 6.03 Å². The first kappa shape index (κ1) is 19.2. The van der Waals surface area contributed by atoms with Crippen LogP contribution in [-0.4, -0.2) is 43.2 Å². The van der Waals surface area contributed by atoms with Gasteiger partial charge in [-0.1, -0.05) is 41.9 Å². The molecule has 0 aliphatic heterocycles. The number of nitrogens with one attached hydrogen (secondary N) is 2. The quantitative estimate of drug-likeness (QED) is 0.708. The van der Waals surface area contributed by atoms with Crippen LogP contribution in [0.25, 0.3) is 0 Å². The Balaban J connectivity index is 1.94. The molecular weight excluding hydrogens is 338 g/mol. The molecule has 2 unspecified atom stereocenters. The molecule has 0 aliphatic carbocycles. The third kappa shape index (κ3) is 6.38. The molecule has 134 valence electrons. The van der Waals surface area contributed by atoms with E-state index in [4.69, 9.17) is 11.6 Å². The maximum atomic E-state index is 12.1. The monoisotopic (exact) mass is 361 g/mol. The van der Waals surface area contributed by atoms with Gasteiger partial charge in [-0.15, -0.1) is 0 Å². The number of rotatable bonds is 7. The summed E-state index contributed by atoms with van der Waals surface area (Å²) in [6.07, 6.45) is -0.653. The maximum Gasteiger partial charge on any atom is 0.319 e. The number of hydrogen-bond acceptors (Lipinski definition) is 3. The van der Waals surface area contributed by atoms with Crippen molar-refractivity contribution in [3.8, 4) is 0 Å². The zero-order valence-electron chi connectivity index (χ0n) is 14.4. The van der Waals surface area contributed by atoms with Crippen molar-refractivity contribution in [2.75, 3.05) is 32.5 Å². The average molecular weight is 362 g/mol. The molecule has 0 fully saturated rings. The number of anilines is 1. The second-order valence-electron chi connectivity index (χ2n) is 6.22. The summed E-state index contributed by atoms with van der Waals surface area (Å²) in [4.78, 5) is 14.1. The van der Waals surface area contributed by atoms with Crippen molar-refractivity contribution in [2.24, 2.45) is 5.92 Å². The van der Waals surface area contributed by atoms with Crippen LogP contribution in [0.2, 0.25) is 5.02 Å². The van der Waals surface area contributed by atoms with Crippen molar-refractivity contribution in [3.63, 3.8) is 0 Å². The van der Waals surface area contributed by atoms with Crippen molar-refractivity contribution in [2.45, 2.75) is 6.10 Å². The van der Waals surface area contributed by atoms with Gasteiger partial charge in [0.25, 0.3) is 0 Å². The second kappa shape index (κ2) is 9.42.